The Morgan fingerprint density at radius 2 is 2.07 bits per heavy atom. The molecule has 6 nitrogen and oxygen atoms in total. The minimum Gasteiger partial charge on any atom is -0.495 e. The largest absolute Gasteiger partial charge is 0.495 e. The zero-order valence-electron chi connectivity index (χ0n) is 14.4. The molecule has 1 aliphatic heterocycles. The van der Waals surface area contributed by atoms with Crippen molar-refractivity contribution in [2.45, 2.75) is 11.4 Å². The number of thioether (sulfide) groups is 1. The molecule has 27 heavy (non-hydrogen) atoms. The van der Waals surface area contributed by atoms with Crippen molar-refractivity contribution in [1.29, 1.82) is 0 Å². The molecule has 138 valence electrons. The number of benzene rings is 2. The molecule has 4 rings (SSSR count). The van der Waals surface area contributed by atoms with Gasteiger partial charge in [0, 0.05) is 16.3 Å². The molecule has 0 radical (unpaired) electrons. The fourth-order valence-electron chi connectivity index (χ4n) is 2.86. The smallest absolute Gasteiger partial charge is 0.247 e. The van der Waals surface area contributed by atoms with E-state index in [0.29, 0.717) is 27.5 Å². The SMILES string of the molecule is COc1c(Br)cc(Cl)cc1[C@H]1Nc2ccccc2-c2nnc(SC)nc2O1. The van der Waals surface area contributed by atoms with Crippen LogP contribution in [-0.4, -0.2) is 28.5 Å². The number of fused-ring (bicyclic) bond motifs is 3. The first-order valence-corrected chi connectivity index (χ1v) is 10.3. The number of para-hydroxylation sites is 1. The van der Waals surface area contributed by atoms with Crippen LogP contribution in [0.15, 0.2) is 46.0 Å². The van der Waals surface area contributed by atoms with Gasteiger partial charge in [0.15, 0.2) is 5.69 Å². The Balaban J connectivity index is 1.90. The van der Waals surface area contributed by atoms with Gasteiger partial charge < -0.3 is 14.8 Å². The normalized spacial score (nSPS) is 15.0. The van der Waals surface area contributed by atoms with Gasteiger partial charge >= 0.3 is 0 Å². The number of halogens is 2. The van der Waals surface area contributed by atoms with E-state index in [4.69, 9.17) is 21.1 Å². The first-order chi connectivity index (χ1) is 13.1. The zero-order valence-corrected chi connectivity index (χ0v) is 17.5. The van der Waals surface area contributed by atoms with Crippen LogP contribution in [0.2, 0.25) is 5.02 Å². The lowest BCUT2D eigenvalue weighted by Gasteiger charge is -2.22. The minimum atomic E-state index is -0.580. The fraction of sp³-hybridized carbons (Fsp3) is 0.167. The van der Waals surface area contributed by atoms with Crippen molar-refractivity contribution in [2.24, 2.45) is 0 Å². The molecule has 0 fully saturated rings. The highest BCUT2D eigenvalue weighted by molar-refractivity contribution is 9.10. The molecular weight excluding hydrogens is 452 g/mol. The summed E-state index contributed by atoms with van der Waals surface area (Å²) in [5.74, 6) is 1.03. The summed E-state index contributed by atoms with van der Waals surface area (Å²) in [5.41, 5.74) is 3.04. The molecule has 2 aromatic carbocycles. The number of methoxy groups -OCH3 is 1. The molecule has 0 aliphatic carbocycles. The van der Waals surface area contributed by atoms with Crippen LogP contribution in [0.5, 0.6) is 11.6 Å². The molecule has 3 aromatic rings. The average molecular weight is 466 g/mol. The molecule has 0 bridgehead atoms. The lowest BCUT2D eigenvalue weighted by molar-refractivity contribution is 0.219. The van der Waals surface area contributed by atoms with E-state index in [-0.39, 0.29) is 0 Å². The number of anilines is 1. The number of hydrogen-bond acceptors (Lipinski definition) is 7. The van der Waals surface area contributed by atoms with Gasteiger partial charge in [0.25, 0.3) is 0 Å². The van der Waals surface area contributed by atoms with E-state index in [2.05, 4.69) is 36.4 Å². The highest BCUT2D eigenvalue weighted by Gasteiger charge is 2.28. The van der Waals surface area contributed by atoms with Gasteiger partial charge in [0.05, 0.1) is 17.1 Å². The van der Waals surface area contributed by atoms with E-state index in [1.54, 1.807) is 19.2 Å². The Bertz CT molecular complexity index is 1020. The van der Waals surface area contributed by atoms with Crippen molar-refractivity contribution in [1.82, 2.24) is 15.2 Å². The van der Waals surface area contributed by atoms with Crippen LogP contribution < -0.4 is 14.8 Å². The molecule has 1 N–H and O–H groups in total. The number of hydrogen-bond donors (Lipinski definition) is 1. The molecule has 0 saturated heterocycles. The molecule has 0 unspecified atom stereocenters. The molecule has 1 aromatic heterocycles. The quantitative estimate of drug-likeness (QED) is 0.534. The first kappa shape index (κ1) is 18.3. The molecule has 0 spiro atoms. The van der Waals surface area contributed by atoms with Crippen LogP contribution in [0.1, 0.15) is 11.8 Å². The third kappa shape index (κ3) is 3.44. The topological polar surface area (TPSA) is 69.2 Å². The maximum absolute atomic E-state index is 6.28. The zero-order chi connectivity index (χ0) is 19.0. The number of rotatable bonds is 3. The van der Waals surface area contributed by atoms with Crippen LogP contribution in [0.3, 0.4) is 0 Å². The molecule has 0 amide bonds. The van der Waals surface area contributed by atoms with Crippen molar-refractivity contribution in [3.05, 3.63) is 51.5 Å². The summed E-state index contributed by atoms with van der Waals surface area (Å²) in [5, 5.41) is 13.0. The van der Waals surface area contributed by atoms with Gasteiger partial charge in [-0.1, -0.05) is 41.6 Å². The van der Waals surface area contributed by atoms with Gasteiger partial charge in [-0.05, 0) is 40.4 Å². The Morgan fingerprint density at radius 3 is 2.85 bits per heavy atom. The van der Waals surface area contributed by atoms with Gasteiger partial charge in [-0.2, -0.15) is 4.98 Å². The van der Waals surface area contributed by atoms with Crippen molar-refractivity contribution in [3.8, 4) is 22.9 Å². The Labute approximate surface area is 173 Å². The second-order valence-electron chi connectivity index (χ2n) is 5.65. The second kappa shape index (κ2) is 7.53. The molecule has 0 saturated carbocycles. The predicted octanol–water partition coefficient (Wildman–Crippen LogP) is 5.19. The summed E-state index contributed by atoms with van der Waals surface area (Å²) in [6.07, 6.45) is 1.31. The Morgan fingerprint density at radius 1 is 1.26 bits per heavy atom. The van der Waals surface area contributed by atoms with E-state index in [9.17, 15) is 0 Å². The summed E-state index contributed by atoms with van der Waals surface area (Å²) < 4.78 is 12.5. The third-order valence-electron chi connectivity index (χ3n) is 4.04. The summed E-state index contributed by atoms with van der Waals surface area (Å²) in [6.45, 7) is 0. The summed E-state index contributed by atoms with van der Waals surface area (Å²) in [4.78, 5) is 4.51. The summed E-state index contributed by atoms with van der Waals surface area (Å²) >= 11 is 11.2. The highest BCUT2D eigenvalue weighted by atomic mass is 79.9. The van der Waals surface area contributed by atoms with E-state index < -0.39 is 6.23 Å². The average Bonchev–Trinajstić information content (AvgIpc) is 2.83. The lowest BCUT2D eigenvalue weighted by Crippen LogP contribution is -2.18. The number of ether oxygens (including phenoxy) is 2. The predicted molar refractivity (Wildman–Crippen MR) is 110 cm³/mol. The Kier molecular flexibility index (Phi) is 5.12. The van der Waals surface area contributed by atoms with E-state index in [1.807, 2.05) is 30.5 Å². The number of nitrogens with zero attached hydrogens (tertiary/aromatic N) is 3. The molecule has 2 heterocycles. The molecule has 1 atom stereocenters. The van der Waals surface area contributed by atoms with Gasteiger partial charge in [-0.25, -0.2) is 0 Å². The van der Waals surface area contributed by atoms with Crippen LogP contribution in [0, 0.1) is 0 Å². The van der Waals surface area contributed by atoms with E-state index in [0.717, 1.165) is 21.3 Å². The maximum Gasteiger partial charge on any atom is 0.247 e. The molecule has 1 aliphatic rings. The number of nitrogens with one attached hydrogen (secondary N) is 1. The van der Waals surface area contributed by atoms with Gasteiger partial charge in [0.1, 0.15) is 5.75 Å². The van der Waals surface area contributed by atoms with Gasteiger partial charge in [-0.3, -0.25) is 0 Å². The standard InChI is InChI=1S/C18H14BrClN4O2S/c1-25-15-11(7-9(20)8-12(15)19)16-21-13-6-4-3-5-10(13)14-17(26-16)22-18(27-2)24-23-14/h3-8,16,21H,1-2H3/t16-/m0/s1. The van der Waals surface area contributed by atoms with Crippen LogP contribution in [-0.2, 0) is 0 Å². The maximum atomic E-state index is 6.28. The molecule has 9 heteroatoms. The lowest BCUT2D eigenvalue weighted by atomic mass is 10.1. The van der Waals surface area contributed by atoms with Gasteiger partial charge in [-0.15, -0.1) is 10.2 Å². The van der Waals surface area contributed by atoms with Crippen molar-refractivity contribution >= 4 is 45.0 Å². The second-order valence-corrected chi connectivity index (χ2v) is 7.71. The first-order valence-electron chi connectivity index (χ1n) is 7.95. The van der Waals surface area contributed by atoms with E-state index >= 15 is 0 Å². The monoisotopic (exact) mass is 464 g/mol. The van der Waals surface area contributed by atoms with Crippen molar-refractivity contribution in [3.63, 3.8) is 0 Å². The minimum absolute atomic E-state index is 0.398. The summed E-state index contributed by atoms with van der Waals surface area (Å²) in [7, 11) is 1.60. The number of aromatic nitrogens is 3. The van der Waals surface area contributed by atoms with Gasteiger partial charge in [0.2, 0.25) is 17.3 Å². The van der Waals surface area contributed by atoms with Crippen LogP contribution in [0.25, 0.3) is 11.3 Å². The van der Waals surface area contributed by atoms with E-state index in [1.165, 1.54) is 11.8 Å². The fourth-order valence-corrected chi connectivity index (χ4v) is 4.16. The van der Waals surface area contributed by atoms with Crippen LogP contribution in [0.4, 0.5) is 5.69 Å². The van der Waals surface area contributed by atoms with Crippen molar-refractivity contribution < 1.29 is 9.47 Å². The van der Waals surface area contributed by atoms with Crippen LogP contribution >= 0.6 is 39.3 Å². The van der Waals surface area contributed by atoms with Crippen molar-refractivity contribution in [2.75, 3.05) is 18.7 Å². The molecular formula is C18H14BrClN4O2S. The third-order valence-corrected chi connectivity index (χ3v) is 5.39. The summed E-state index contributed by atoms with van der Waals surface area (Å²) in [6, 6.07) is 11.4. The Hall–Kier alpha value is -2.03. The highest BCUT2D eigenvalue weighted by Crippen LogP contribution is 2.43.